The number of pyridine rings is 1. The van der Waals surface area contributed by atoms with Crippen molar-refractivity contribution in [3.05, 3.63) is 23.9 Å². The summed E-state index contributed by atoms with van der Waals surface area (Å²) in [5.74, 6) is 2.23. The molecule has 1 fully saturated rings. The Morgan fingerprint density at radius 2 is 2.03 bits per heavy atom. The normalized spacial score (nSPS) is 16.7. The molecule has 1 aromatic rings. The Labute approximate surface area is 193 Å². The molecule has 2 rings (SSSR count). The largest absolute Gasteiger partial charge is 0.475 e. The molecule has 0 saturated carbocycles. The Morgan fingerprint density at radius 3 is 2.66 bits per heavy atom. The summed E-state index contributed by atoms with van der Waals surface area (Å²) in [5, 5.41) is 6.91. The molecule has 1 aliphatic rings. The summed E-state index contributed by atoms with van der Waals surface area (Å²) in [4.78, 5) is 24.9. The number of likely N-dealkylation sites (N-methyl/N-ethyl adjacent to an activating group) is 1. The lowest BCUT2D eigenvalue weighted by molar-refractivity contribution is -0.130. The number of ether oxygens (including phenoxy) is 1. The molecule has 1 amide bonds. The van der Waals surface area contributed by atoms with E-state index in [1.165, 1.54) is 0 Å². The molecule has 1 atom stereocenters. The molecule has 0 bridgehead atoms. The highest BCUT2D eigenvalue weighted by molar-refractivity contribution is 5.80. The molecule has 1 unspecified atom stereocenters. The molecular formula is C24H42N6O2. The Morgan fingerprint density at radius 1 is 1.31 bits per heavy atom. The third kappa shape index (κ3) is 9.42. The Hall–Kier alpha value is -2.35. The zero-order valence-corrected chi connectivity index (χ0v) is 20.7. The van der Waals surface area contributed by atoms with Crippen LogP contribution >= 0.6 is 0 Å². The number of aromatic nitrogens is 1. The zero-order valence-electron chi connectivity index (χ0n) is 20.7. The van der Waals surface area contributed by atoms with Crippen molar-refractivity contribution in [2.24, 2.45) is 10.9 Å². The Bertz CT molecular complexity index is 729. The average Bonchev–Trinajstić information content (AvgIpc) is 2.73. The molecule has 2 N–H and O–H groups in total. The van der Waals surface area contributed by atoms with Crippen LogP contribution in [0.5, 0.6) is 5.88 Å². The number of nitrogens with zero attached hydrogens (tertiary/aromatic N) is 4. The number of rotatable bonds is 10. The minimum atomic E-state index is 0.138. The first-order valence-electron chi connectivity index (χ1n) is 11.9. The third-order valence-corrected chi connectivity index (χ3v) is 5.47. The monoisotopic (exact) mass is 446 g/mol. The lowest BCUT2D eigenvalue weighted by Crippen LogP contribution is -2.50. The molecule has 1 aliphatic heterocycles. The Balaban J connectivity index is 1.88. The summed E-state index contributed by atoms with van der Waals surface area (Å²) >= 11 is 0. The predicted molar refractivity (Wildman–Crippen MR) is 130 cm³/mol. The fraction of sp³-hybridized carbons (Fsp3) is 0.708. The van der Waals surface area contributed by atoms with Crippen LogP contribution in [0.1, 0.15) is 52.5 Å². The maximum absolute atomic E-state index is 11.9. The van der Waals surface area contributed by atoms with E-state index in [2.05, 4.69) is 48.2 Å². The average molecular weight is 447 g/mol. The number of nitrogens with one attached hydrogen (secondary N) is 2. The van der Waals surface area contributed by atoms with Crippen LogP contribution in [0.15, 0.2) is 23.3 Å². The maximum Gasteiger partial charge on any atom is 0.236 e. The van der Waals surface area contributed by atoms with E-state index in [0.29, 0.717) is 30.9 Å². The van der Waals surface area contributed by atoms with E-state index in [1.807, 2.05) is 12.1 Å². The van der Waals surface area contributed by atoms with Gasteiger partial charge in [0.25, 0.3) is 0 Å². The number of piperidine rings is 1. The van der Waals surface area contributed by atoms with Crippen LogP contribution in [-0.2, 0) is 11.3 Å². The van der Waals surface area contributed by atoms with Gasteiger partial charge < -0.3 is 20.3 Å². The van der Waals surface area contributed by atoms with E-state index in [0.717, 1.165) is 50.4 Å². The van der Waals surface area contributed by atoms with Crippen LogP contribution in [0.2, 0.25) is 0 Å². The summed E-state index contributed by atoms with van der Waals surface area (Å²) in [5.41, 5.74) is 1.07. The van der Waals surface area contributed by atoms with Crippen molar-refractivity contribution in [2.45, 2.75) is 65.6 Å². The van der Waals surface area contributed by atoms with Crippen LogP contribution in [0, 0.1) is 5.92 Å². The number of carbonyl (C=O) groups excluding carboxylic acids is 1. The predicted octanol–water partition coefficient (Wildman–Crippen LogP) is 2.50. The second kappa shape index (κ2) is 13.3. The molecular weight excluding hydrogens is 404 g/mol. The van der Waals surface area contributed by atoms with Gasteiger partial charge in [-0.3, -0.25) is 9.69 Å². The number of hydrogen-bond acceptors (Lipinski definition) is 5. The number of likely N-dealkylation sites (tertiary alicyclic amines) is 1. The van der Waals surface area contributed by atoms with Gasteiger partial charge in [0.05, 0.1) is 19.2 Å². The van der Waals surface area contributed by atoms with Gasteiger partial charge in [-0.05, 0) is 50.7 Å². The van der Waals surface area contributed by atoms with Gasteiger partial charge in [0.1, 0.15) is 0 Å². The van der Waals surface area contributed by atoms with Gasteiger partial charge in [0, 0.05) is 52.0 Å². The highest BCUT2D eigenvalue weighted by Gasteiger charge is 2.22. The van der Waals surface area contributed by atoms with Crippen molar-refractivity contribution in [3.63, 3.8) is 0 Å². The van der Waals surface area contributed by atoms with Gasteiger partial charge in [-0.15, -0.1) is 0 Å². The molecule has 1 aromatic heterocycles. The minimum Gasteiger partial charge on any atom is -0.475 e. The van der Waals surface area contributed by atoms with Gasteiger partial charge >= 0.3 is 0 Å². The summed E-state index contributed by atoms with van der Waals surface area (Å²) in [6, 6.07) is 4.31. The summed E-state index contributed by atoms with van der Waals surface area (Å²) in [6.45, 7) is 12.2. The van der Waals surface area contributed by atoms with Gasteiger partial charge in [-0.25, -0.2) is 9.98 Å². The molecule has 2 heterocycles. The lowest BCUT2D eigenvalue weighted by atomic mass is 10.1. The number of amides is 1. The summed E-state index contributed by atoms with van der Waals surface area (Å²) in [6.07, 6.45) is 4.91. The lowest BCUT2D eigenvalue weighted by Gasteiger charge is -2.33. The van der Waals surface area contributed by atoms with E-state index in [4.69, 9.17) is 9.73 Å². The van der Waals surface area contributed by atoms with E-state index in [9.17, 15) is 4.79 Å². The standard InChI is InChI=1S/C24H42N6O2/c1-7-25-24(28-21-9-12-30(13-10-21)17-23(31)29(5)6)27-16-20-8-11-26-22(15-20)32-19(4)14-18(2)3/h8,11,15,18-19,21H,7,9-10,12-14,16-17H2,1-6H3,(H2,25,27,28). The summed E-state index contributed by atoms with van der Waals surface area (Å²) in [7, 11) is 3.61. The summed E-state index contributed by atoms with van der Waals surface area (Å²) < 4.78 is 5.97. The fourth-order valence-corrected chi connectivity index (χ4v) is 3.78. The van der Waals surface area contributed by atoms with E-state index in [-0.39, 0.29) is 12.0 Å². The van der Waals surface area contributed by atoms with E-state index in [1.54, 1.807) is 25.2 Å². The molecule has 8 heteroatoms. The first kappa shape index (κ1) is 25.9. The van der Waals surface area contributed by atoms with Gasteiger partial charge in [-0.1, -0.05) is 13.8 Å². The molecule has 32 heavy (non-hydrogen) atoms. The van der Waals surface area contributed by atoms with Crippen molar-refractivity contribution in [2.75, 3.05) is 40.3 Å². The number of hydrogen-bond donors (Lipinski definition) is 2. The molecule has 0 aliphatic carbocycles. The molecule has 0 aromatic carbocycles. The van der Waals surface area contributed by atoms with Crippen molar-refractivity contribution < 1.29 is 9.53 Å². The first-order chi connectivity index (χ1) is 15.3. The SMILES string of the molecule is CCNC(=NCc1ccnc(OC(C)CC(C)C)c1)NC1CCN(CC(=O)N(C)C)CC1. The Kier molecular flexibility index (Phi) is 10.7. The highest BCUT2D eigenvalue weighted by Crippen LogP contribution is 2.16. The topological polar surface area (TPSA) is 82.1 Å². The van der Waals surface area contributed by atoms with Crippen LogP contribution in [0.4, 0.5) is 0 Å². The number of aliphatic imine (C=N–C) groups is 1. The van der Waals surface area contributed by atoms with Crippen LogP contribution in [0.25, 0.3) is 0 Å². The van der Waals surface area contributed by atoms with Crippen molar-refractivity contribution in [1.82, 2.24) is 25.4 Å². The highest BCUT2D eigenvalue weighted by atomic mass is 16.5. The van der Waals surface area contributed by atoms with Crippen molar-refractivity contribution >= 4 is 11.9 Å². The molecule has 180 valence electrons. The quantitative estimate of drug-likeness (QED) is 0.425. The zero-order chi connectivity index (χ0) is 23.5. The van der Waals surface area contributed by atoms with Gasteiger partial charge in [0.15, 0.2) is 5.96 Å². The van der Waals surface area contributed by atoms with Crippen molar-refractivity contribution in [1.29, 1.82) is 0 Å². The van der Waals surface area contributed by atoms with Crippen molar-refractivity contribution in [3.8, 4) is 5.88 Å². The molecule has 0 spiro atoms. The van der Waals surface area contributed by atoms with Crippen LogP contribution < -0.4 is 15.4 Å². The molecule has 0 radical (unpaired) electrons. The second-order valence-electron chi connectivity index (χ2n) is 9.24. The third-order valence-electron chi connectivity index (χ3n) is 5.47. The van der Waals surface area contributed by atoms with Gasteiger partial charge in [-0.2, -0.15) is 0 Å². The van der Waals surface area contributed by atoms with E-state index < -0.39 is 0 Å². The fourth-order valence-electron chi connectivity index (χ4n) is 3.78. The first-order valence-corrected chi connectivity index (χ1v) is 11.9. The second-order valence-corrected chi connectivity index (χ2v) is 9.24. The minimum absolute atomic E-state index is 0.138. The number of carbonyl (C=O) groups is 1. The van der Waals surface area contributed by atoms with Gasteiger partial charge in [0.2, 0.25) is 11.8 Å². The van der Waals surface area contributed by atoms with E-state index >= 15 is 0 Å². The van der Waals surface area contributed by atoms with Crippen LogP contribution in [-0.4, -0.2) is 79.1 Å². The molecule has 1 saturated heterocycles. The molecule has 8 nitrogen and oxygen atoms in total. The van der Waals surface area contributed by atoms with Crippen LogP contribution in [0.3, 0.4) is 0 Å². The maximum atomic E-state index is 11.9. The number of guanidine groups is 1. The smallest absolute Gasteiger partial charge is 0.236 e.